The van der Waals surface area contributed by atoms with Crippen molar-refractivity contribution >= 4 is 32.7 Å². The fourth-order valence-corrected chi connectivity index (χ4v) is 2.87. The summed E-state index contributed by atoms with van der Waals surface area (Å²) in [5, 5.41) is 1.22. The van der Waals surface area contributed by atoms with E-state index >= 15 is 0 Å². The topological polar surface area (TPSA) is 60.0 Å². The van der Waals surface area contributed by atoms with Crippen LogP contribution in [-0.4, -0.2) is 10.5 Å². The van der Waals surface area contributed by atoms with Gasteiger partial charge in [0, 0.05) is 28.3 Å². The molecule has 3 rings (SSSR count). The lowest BCUT2D eigenvalue weighted by atomic mass is 10.1. The minimum Gasteiger partial charge on any atom is -0.343 e. The third-order valence-corrected chi connectivity index (χ3v) is 4.21. The van der Waals surface area contributed by atoms with E-state index in [2.05, 4.69) is 50.3 Å². The summed E-state index contributed by atoms with van der Waals surface area (Å²) in [5.74, 6) is 4.85. The Hall–Kier alpha value is -2.11. The number of nitrogens with zero attached hydrogens (tertiary/aromatic N) is 1. The normalized spacial score (nSPS) is 10.8. The third-order valence-electron chi connectivity index (χ3n) is 3.47. The van der Waals surface area contributed by atoms with Gasteiger partial charge in [-0.2, -0.15) is 0 Å². The van der Waals surface area contributed by atoms with Gasteiger partial charge in [-0.15, -0.1) is 0 Å². The Kier molecular flexibility index (Phi) is 3.77. The summed E-state index contributed by atoms with van der Waals surface area (Å²) in [6.07, 6.45) is 2.07. The van der Waals surface area contributed by atoms with Crippen LogP contribution in [0.3, 0.4) is 0 Å². The molecular weight excluding hydrogens is 330 g/mol. The molecule has 0 bridgehead atoms. The second kappa shape index (κ2) is 5.71. The van der Waals surface area contributed by atoms with E-state index in [-0.39, 0.29) is 5.91 Å². The van der Waals surface area contributed by atoms with Gasteiger partial charge in [-0.05, 0) is 35.2 Å². The van der Waals surface area contributed by atoms with Crippen LogP contribution in [0.5, 0.6) is 0 Å². The number of rotatable bonds is 3. The van der Waals surface area contributed by atoms with Gasteiger partial charge in [0.05, 0.1) is 0 Å². The first-order valence-electron chi connectivity index (χ1n) is 6.52. The van der Waals surface area contributed by atoms with Crippen molar-refractivity contribution in [2.45, 2.75) is 6.54 Å². The lowest BCUT2D eigenvalue weighted by Gasteiger charge is -2.09. The molecule has 0 aliphatic rings. The van der Waals surface area contributed by atoms with Gasteiger partial charge in [0.15, 0.2) is 0 Å². The highest BCUT2D eigenvalue weighted by atomic mass is 79.9. The van der Waals surface area contributed by atoms with E-state index < -0.39 is 0 Å². The van der Waals surface area contributed by atoms with Crippen LogP contribution in [0.25, 0.3) is 10.9 Å². The maximum absolute atomic E-state index is 11.5. The SMILES string of the molecule is NNC(=O)c1ccc(Cn2ccc3ccccc32)c(Br)c1. The Labute approximate surface area is 130 Å². The van der Waals surface area contributed by atoms with Crippen molar-refractivity contribution < 1.29 is 4.79 Å². The molecule has 4 nitrogen and oxygen atoms in total. The number of halogens is 1. The molecule has 0 fully saturated rings. The highest BCUT2D eigenvalue weighted by molar-refractivity contribution is 9.10. The second-order valence-electron chi connectivity index (χ2n) is 4.78. The van der Waals surface area contributed by atoms with Crippen LogP contribution in [0, 0.1) is 0 Å². The van der Waals surface area contributed by atoms with Gasteiger partial charge in [0.2, 0.25) is 0 Å². The minimum atomic E-state index is -0.298. The van der Waals surface area contributed by atoms with Crippen LogP contribution in [0.4, 0.5) is 0 Å². The molecule has 0 radical (unpaired) electrons. The molecule has 0 saturated heterocycles. The molecule has 106 valence electrons. The summed E-state index contributed by atoms with van der Waals surface area (Å²) in [4.78, 5) is 11.5. The molecule has 1 amide bonds. The number of hydrogen-bond acceptors (Lipinski definition) is 2. The maximum Gasteiger partial charge on any atom is 0.265 e. The van der Waals surface area contributed by atoms with Gasteiger partial charge in [-0.25, -0.2) is 5.84 Å². The number of para-hydroxylation sites is 1. The summed E-state index contributed by atoms with van der Waals surface area (Å²) in [6.45, 7) is 0.735. The number of nitrogens with one attached hydrogen (secondary N) is 1. The molecular formula is C16H14BrN3O. The number of aromatic nitrogens is 1. The Morgan fingerprint density at radius 1 is 1.19 bits per heavy atom. The molecule has 3 N–H and O–H groups in total. The van der Waals surface area contributed by atoms with Crippen LogP contribution in [0.2, 0.25) is 0 Å². The fourth-order valence-electron chi connectivity index (χ4n) is 2.36. The van der Waals surface area contributed by atoms with Gasteiger partial charge in [0.25, 0.3) is 5.91 Å². The molecule has 5 heteroatoms. The summed E-state index contributed by atoms with van der Waals surface area (Å²) < 4.78 is 3.07. The van der Waals surface area contributed by atoms with Crippen LogP contribution < -0.4 is 11.3 Å². The predicted molar refractivity (Wildman–Crippen MR) is 86.8 cm³/mol. The average Bonchev–Trinajstić information content (AvgIpc) is 2.92. The van der Waals surface area contributed by atoms with Crippen molar-refractivity contribution in [3.05, 3.63) is 70.3 Å². The number of carbonyl (C=O) groups is 1. The van der Waals surface area contributed by atoms with Gasteiger partial charge in [0.1, 0.15) is 0 Å². The average molecular weight is 344 g/mol. The first-order valence-corrected chi connectivity index (χ1v) is 7.31. The number of fused-ring (bicyclic) bond motifs is 1. The van der Waals surface area contributed by atoms with E-state index in [0.29, 0.717) is 5.56 Å². The number of hydrazine groups is 1. The van der Waals surface area contributed by atoms with Gasteiger partial charge in [-0.1, -0.05) is 40.2 Å². The number of benzene rings is 2. The summed E-state index contributed by atoms with van der Waals surface area (Å²) in [5.41, 5.74) is 4.96. The number of carbonyl (C=O) groups excluding carboxylic acids is 1. The lowest BCUT2D eigenvalue weighted by Crippen LogP contribution is -2.29. The number of nitrogens with two attached hydrogens (primary N) is 1. The summed E-state index contributed by atoms with van der Waals surface area (Å²) in [6, 6.07) is 15.8. The second-order valence-corrected chi connectivity index (χ2v) is 5.64. The van der Waals surface area contributed by atoms with Crippen LogP contribution >= 0.6 is 15.9 Å². The largest absolute Gasteiger partial charge is 0.343 e. The molecule has 0 unspecified atom stereocenters. The maximum atomic E-state index is 11.5. The molecule has 2 aromatic carbocycles. The zero-order chi connectivity index (χ0) is 14.8. The molecule has 0 aliphatic carbocycles. The molecule has 1 heterocycles. The molecule has 0 spiro atoms. The first kappa shape index (κ1) is 13.9. The molecule has 0 saturated carbocycles. The van der Waals surface area contributed by atoms with Crippen molar-refractivity contribution in [3.63, 3.8) is 0 Å². The summed E-state index contributed by atoms with van der Waals surface area (Å²) >= 11 is 3.52. The fraction of sp³-hybridized carbons (Fsp3) is 0.0625. The van der Waals surface area contributed by atoms with E-state index in [1.807, 2.05) is 18.2 Å². The molecule has 21 heavy (non-hydrogen) atoms. The van der Waals surface area contributed by atoms with Crippen molar-refractivity contribution in [1.82, 2.24) is 9.99 Å². The number of amides is 1. The highest BCUT2D eigenvalue weighted by Crippen LogP contribution is 2.22. The Morgan fingerprint density at radius 3 is 2.76 bits per heavy atom. The minimum absolute atomic E-state index is 0.298. The zero-order valence-corrected chi connectivity index (χ0v) is 12.8. The van der Waals surface area contributed by atoms with E-state index in [9.17, 15) is 4.79 Å². The first-order chi connectivity index (χ1) is 10.2. The highest BCUT2D eigenvalue weighted by Gasteiger charge is 2.08. The van der Waals surface area contributed by atoms with Crippen LogP contribution in [0.15, 0.2) is 59.2 Å². The molecule has 0 aliphatic heterocycles. The predicted octanol–water partition coefficient (Wildman–Crippen LogP) is 3.06. The number of hydrogen-bond donors (Lipinski definition) is 2. The molecule has 3 aromatic rings. The van der Waals surface area contributed by atoms with Crippen molar-refractivity contribution in [1.29, 1.82) is 0 Å². The van der Waals surface area contributed by atoms with Crippen molar-refractivity contribution in [2.75, 3.05) is 0 Å². The van der Waals surface area contributed by atoms with Gasteiger partial charge >= 0.3 is 0 Å². The Morgan fingerprint density at radius 2 is 2.00 bits per heavy atom. The monoisotopic (exact) mass is 343 g/mol. The molecule has 0 atom stereocenters. The van der Waals surface area contributed by atoms with E-state index in [4.69, 9.17) is 5.84 Å². The number of nitrogen functional groups attached to an aromatic ring is 1. The zero-order valence-electron chi connectivity index (χ0n) is 11.2. The van der Waals surface area contributed by atoms with E-state index in [1.165, 1.54) is 10.9 Å². The van der Waals surface area contributed by atoms with Gasteiger partial charge < -0.3 is 4.57 Å². The molecule has 1 aromatic heterocycles. The quantitative estimate of drug-likeness (QED) is 0.436. The standard InChI is InChI=1S/C16H14BrN3O/c17-14-9-12(16(21)19-18)5-6-13(14)10-20-8-7-11-3-1-2-4-15(11)20/h1-9H,10,18H2,(H,19,21). The lowest BCUT2D eigenvalue weighted by molar-refractivity contribution is 0.0953. The van der Waals surface area contributed by atoms with Crippen LogP contribution in [0.1, 0.15) is 15.9 Å². The van der Waals surface area contributed by atoms with Gasteiger partial charge in [-0.3, -0.25) is 10.2 Å². The van der Waals surface area contributed by atoms with Crippen molar-refractivity contribution in [3.8, 4) is 0 Å². The smallest absolute Gasteiger partial charge is 0.265 e. The van der Waals surface area contributed by atoms with E-state index in [0.717, 1.165) is 16.6 Å². The van der Waals surface area contributed by atoms with E-state index in [1.54, 1.807) is 12.1 Å². The van der Waals surface area contributed by atoms with Crippen LogP contribution in [-0.2, 0) is 6.54 Å². The van der Waals surface area contributed by atoms with Crippen molar-refractivity contribution in [2.24, 2.45) is 5.84 Å². The Balaban J connectivity index is 1.93. The third kappa shape index (κ3) is 2.70. The summed E-state index contributed by atoms with van der Waals surface area (Å²) in [7, 11) is 0. The Bertz CT molecular complexity index is 810.